The Hall–Kier alpha value is -2.59. The van der Waals surface area contributed by atoms with Crippen molar-refractivity contribution < 1.29 is 31.1 Å². The average Bonchev–Trinajstić information content (AvgIpc) is 2.65. The van der Waals surface area contributed by atoms with E-state index in [1.807, 2.05) is 6.92 Å². The number of alkyl halides is 3. The number of anilines is 1. The van der Waals surface area contributed by atoms with Crippen LogP contribution in [0.3, 0.4) is 0 Å². The second-order valence-electron chi connectivity index (χ2n) is 6.24. The van der Waals surface area contributed by atoms with Crippen molar-refractivity contribution in [2.45, 2.75) is 31.3 Å². The van der Waals surface area contributed by atoms with Gasteiger partial charge in [-0.15, -0.1) is 0 Å². The smallest absolute Gasteiger partial charge is 0.416 e. The first-order valence-electron chi connectivity index (χ1n) is 8.73. The number of amides is 1. The van der Waals surface area contributed by atoms with Crippen molar-refractivity contribution in [2.24, 2.45) is 0 Å². The van der Waals surface area contributed by atoms with Crippen LogP contribution in [0, 0.1) is 6.92 Å². The van der Waals surface area contributed by atoms with Crippen molar-refractivity contribution in [3.8, 4) is 5.75 Å². The first-order chi connectivity index (χ1) is 13.5. The van der Waals surface area contributed by atoms with Crippen molar-refractivity contribution >= 4 is 21.6 Å². The van der Waals surface area contributed by atoms with E-state index in [2.05, 4.69) is 10.0 Å². The Bertz CT molecular complexity index is 958. The molecule has 0 fully saturated rings. The molecule has 0 radical (unpaired) electrons. The molecule has 0 bridgehead atoms. The molecule has 10 heteroatoms. The third-order valence-electron chi connectivity index (χ3n) is 3.85. The number of aryl methyl sites for hydroxylation is 1. The molecule has 0 unspecified atom stereocenters. The molecule has 0 saturated heterocycles. The Morgan fingerprint density at radius 1 is 1.10 bits per heavy atom. The standard InChI is InChI=1S/C19H21F3N2O4S/c1-3-10-23-29(26,27)16-8-9-17(13(2)11-16)28-12-18(25)24-15-6-4-14(5-7-15)19(20,21)22/h4-9,11,23H,3,10,12H2,1-2H3,(H,24,25). The van der Waals surface area contributed by atoms with E-state index in [-0.39, 0.29) is 17.2 Å². The lowest BCUT2D eigenvalue weighted by Crippen LogP contribution is -2.24. The zero-order valence-electron chi connectivity index (χ0n) is 15.8. The Morgan fingerprint density at radius 3 is 2.31 bits per heavy atom. The molecule has 0 saturated carbocycles. The van der Waals surface area contributed by atoms with E-state index in [0.717, 1.165) is 24.3 Å². The summed E-state index contributed by atoms with van der Waals surface area (Å²) in [4.78, 5) is 12.0. The molecule has 2 aromatic carbocycles. The first-order valence-corrected chi connectivity index (χ1v) is 10.2. The molecule has 0 spiro atoms. The summed E-state index contributed by atoms with van der Waals surface area (Å²) in [6.45, 7) is 3.42. The minimum absolute atomic E-state index is 0.0880. The number of hydrogen-bond acceptors (Lipinski definition) is 4. The van der Waals surface area contributed by atoms with E-state index < -0.39 is 27.7 Å². The van der Waals surface area contributed by atoms with Gasteiger partial charge < -0.3 is 10.1 Å². The van der Waals surface area contributed by atoms with Crippen molar-refractivity contribution in [3.63, 3.8) is 0 Å². The lowest BCUT2D eigenvalue weighted by atomic mass is 10.2. The summed E-state index contributed by atoms with van der Waals surface area (Å²) in [6.07, 6.45) is -3.79. The maximum atomic E-state index is 12.5. The summed E-state index contributed by atoms with van der Waals surface area (Å²) in [5.74, 6) is -0.243. The van der Waals surface area contributed by atoms with Crippen molar-refractivity contribution in [1.82, 2.24) is 4.72 Å². The van der Waals surface area contributed by atoms with Crippen LogP contribution < -0.4 is 14.8 Å². The molecule has 158 valence electrons. The number of rotatable bonds is 8. The van der Waals surface area contributed by atoms with Crippen molar-refractivity contribution in [1.29, 1.82) is 0 Å². The lowest BCUT2D eigenvalue weighted by molar-refractivity contribution is -0.137. The van der Waals surface area contributed by atoms with Crippen LogP contribution in [-0.2, 0) is 21.0 Å². The van der Waals surface area contributed by atoms with E-state index in [1.54, 1.807) is 6.92 Å². The molecule has 29 heavy (non-hydrogen) atoms. The summed E-state index contributed by atoms with van der Waals surface area (Å²) < 4.78 is 69.7. The Labute approximate surface area is 167 Å². The minimum Gasteiger partial charge on any atom is -0.483 e. The third-order valence-corrected chi connectivity index (χ3v) is 5.31. The minimum atomic E-state index is -4.45. The number of halogens is 3. The van der Waals surface area contributed by atoms with Gasteiger partial charge in [-0.3, -0.25) is 4.79 Å². The number of benzene rings is 2. The van der Waals surface area contributed by atoms with E-state index >= 15 is 0 Å². The molecule has 2 rings (SSSR count). The fourth-order valence-electron chi connectivity index (χ4n) is 2.35. The van der Waals surface area contributed by atoms with Crippen LogP contribution in [0.25, 0.3) is 0 Å². The van der Waals surface area contributed by atoms with Gasteiger partial charge >= 0.3 is 6.18 Å². The van der Waals surface area contributed by atoms with Crippen LogP contribution in [0.2, 0.25) is 0 Å². The average molecular weight is 430 g/mol. The highest BCUT2D eigenvalue weighted by Gasteiger charge is 2.30. The van der Waals surface area contributed by atoms with Crippen LogP contribution in [-0.4, -0.2) is 27.5 Å². The highest BCUT2D eigenvalue weighted by Crippen LogP contribution is 2.29. The van der Waals surface area contributed by atoms with Gasteiger partial charge in [0.1, 0.15) is 5.75 Å². The van der Waals surface area contributed by atoms with Crippen LogP contribution >= 0.6 is 0 Å². The van der Waals surface area contributed by atoms with Gasteiger partial charge in [-0.05, 0) is 61.4 Å². The second kappa shape index (κ2) is 9.27. The molecule has 0 aromatic heterocycles. The normalized spacial score (nSPS) is 11.9. The van der Waals surface area contributed by atoms with Gasteiger partial charge in [0.25, 0.3) is 5.91 Å². The molecule has 2 N–H and O–H groups in total. The van der Waals surface area contributed by atoms with Crippen molar-refractivity contribution in [3.05, 3.63) is 53.6 Å². The van der Waals surface area contributed by atoms with Gasteiger partial charge in [-0.2, -0.15) is 13.2 Å². The van der Waals surface area contributed by atoms with Gasteiger partial charge in [0.05, 0.1) is 10.5 Å². The van der Waals surface area contributed by atoms with Gasteiger partial charge in [-0.25, -0.2) is 13.1 Å². The molecule has 0 aliphatic heterocycles. The van der Waals surface area contributed by atoms with Crippen LogP contribution in [0.5, 0.6) is 5.75 Å². The number of nitrogens with one attached hydrogen (secondary N) is 2. The quantitative estimate of drug-likeness (QED) is 0.669. The summed E-state index contributed by atoms with van der Waals surface area (Å²) >= 11 is 0. The second-order valence-corrected chi connectivity index (χ2v) is 8.00. The predicted octanol–water partition coefficient (Wildman–Crippen LogP) is 3.72. The van der Waals surface area contributed by atoms with Gasteiger partial charge in [0, 0.05) is 12.2 Å². The summed E-state index contributed by atoms with van der Waals surface area (Å²) in [6, 6.07) is 8.28. The molecule has 6 nitrogen and oxygen atoms in total. The molecule has 0 aliphatic carbocycles. The molecule has 2 aromatic rings. The monoisotopic (exact) mass is 430 g/mol. The number of hydrogen-bond donors (Lipinski definition) is 2. The van der Waals surface area contributed by atoms with Gasteiger partial charge in [0.15, 0.2) is 6.61 Å². The third kappa shape index (κ3) is 6.47. The highest BCUT2D eigenvalue weighted by atomic mass is 32.2. The summed E-state index contributed by atoms with van der Waals surface area (Å²) in [5, 5.41) is 2.43. The van der Waals surface area contributed by atoms with Crippen LogP contribution in [0.4, 0.5) is 18.9 Å². The highest BCUT2D eigenvalue weighted by molar-refractivity contribution is 7.89. The zero-order valence-corrected chi connectivity index (χ0v) is 16.7. The lowest BCUT2D eigenvalue weighted by Gasteiger charge is -2.12. The predicted molar refractivity (Wildman–Crippen MR) is 102 cm³/mol. The Balaban J connectivity index is 1.96. The first kappa shape index (κ1) is 22.7. The summed E-state index contributed by atoms with van der Waals surface area (Å²) in [7, 11) is -3.61. The Morgan fingerprint density at radius 2 is 1.76 bits per heavy atom. The molecule has 0 atom stereocenters. The molecule has 0 heterocycles. The largest absolute Gasteiger partial charge is 0.483 e. The fraction of sp³-hybridized carbons (Fsp3) is 0.316. The molecular weight excluding hydrogens is 409 g/mol. The van der Waals surface area contributed by atoms with Crippen LogP contribution in [0.1, 0.15) is 24.5 Å². The van der Waals surface area contributed by atoms with Gasteiger partial charge in [-0.1, -0.05) is 6.92 Å². The Kier molecular flexibility index (Phi) is 7.26. The maximum absolute atomic E-state index is 12.5. The van der Waals surface area contributed by atoms with Crippen molar-refractivity contribution in [2.75, 3.05) is 18.5 Å². The van der Waals surface area contributed by atoms with Crippen LogP contribution in [0.15, 0.2) is 47.4 Å². The molecular formula is C19H21F3N2O4S. The molecule has 0 aliphatic rings. The van der Waals surface area contributed by atoms with Gasteiger partial charge in [0.2, 0.25) is 10.0 Å². The number of sulfonamides is 1. The maximum Gasteiger partial charge on any atom is 0.416 e. The summed E-state index contributed by atoms with van der Waals surface area (Å²) in [5.41, 5.74) is -0.0932. The van der Waals surface area contributed by atoms with E-state index in [0.29, 0.717) is 24.3 Å². The topological polar surface area (TPSA) is 84.5 Å². The number of carbonyl (C=O) groups is 1. The SMILES string of the molecule is CCCNS(=O)(=O)c1ccc(OCC(=O)Nc2ccc(C(F)(F)F)cc2)c(C)c1. The van der Waals surface area contributed by atoms with E-state index in [9.17, 15) is 26.4 Å². The number of ether oxygens (including phenoxy) is 1. The molecule has 1 amide bonds. The zero-order chi connectivity index (χ0) is 21.7. The fourth-order valence-corrected chi connectivity index (χ4v) is 3.57. The number of carbonyl (C=O) groups excluding carboxylic acids is 1. The van der Waals surface area contributed by atoms with E-state index in [1.165, 1.54) is 18.2 Å². The van der Waals surface area contributed by atoms with E-state index in [4.69, 9.17) is 4.74 Å².